The minimum Gasteiger partial charge on any atom is -0.439 e. The summed E-state index contributed by atoms with van der Waals surface area (Å²) in [4.78, 5) is 40.6. The van der Waals surface area contributed by atoms with E-state index in [0.29, 0.717) is 30.1 Å². The van der Waals surface area contributed by atoms with E-state index in [0.717, 1.165) is 11.1 Å². The fourth-order valence-electron chi connectivity index (χ4n) is 3.71. The zero-order chi connectivity index (χ0) is 23.7. The number of rotatable bonds is 6. The smallest absolute Gasteiger partial charge is 0.410 e. The molecule has 0 bridgehead atoms. The molecule has 34 heavy (non-hydrogen) atoms. The number of hydrogen-bond donors (Lipinski definition) is 2. The Morgan fingerprint density at radius 3 is 2.94 bits per heavy atom. The SMILES string of the molecule is COC1CN(C(=O)OCC2=NC(c3ccc(C)c(NC(=O)c4cnc5ccccn45)c3)NO2)C1. The van der Waals surface area contributed by atoms with Crippen LogP contribution >= 0.6 is 0 Å². The highest BCUT2D eigenvalue weighted by Crippen LogP contribution is 2.25. The van der Waals surface area contributed by atoms with Crippen LogP contribution in [0.15, 0.2) is 53.8 Å². The summed E-state index contributed by atoms with van der Waals surface area (Å²) in [6.07, 6.45) is 2.46. The predicted octanol–water partition coefficient (Wildman–Crippen LogP) is 2.29. The van der Waals surface area contributed by atoms with E-state index in [4.69, 9.17) is 14.3 Å². The van der Waals surface area contributed by atoms with Crippen molar-refractivity contribution in [1.82, 2.24) is 19.8 Å². The molecule has 5 rings (SSSR count). The van der Waals surface area contributed by atoms with Crippen molar-refractivity contribution in [2.45, 2.75) is 19.2 Å². The molecule has 11 nitrogen and oxygen atoms in total. The number of nitrogens with zero attached hydrogens (tertiary/aromatic N) is 4. The molecule has 2 aromatic heterocycles. The van der Waals surface area contributed by atoms with Crippen LogP contribution in [0.4, 0.5) is 10.5 Å². The fourth-order valence-corrected chi connectivity index (χ4v) is 3.71. The Hall–Kier alpha value is -3.96. The summed E-state index contributed by atoms with van der Waals surface area (Å²) in [5, 5.41) is 2.95. The van der Waals surface area contributed by atoms with Crippen LogP contribution in [0, 0.1) is 6.92 Å². The topological polar surface area (TPSA) is 119 Å². The highest BCUT2D eigenvalue weighted by Gasteiger charge is 2.32. The summed E-state index contributed by atoms with van der Waals surface area (Å²) in [6.45, 7) is 2.84. The number of carbonyl (C=O) groups excluding carboxylic acids is 2. The molecule has 0 saturated carbocycles. The summed E-state index contributed by atoms with van der Waals surface area (Å²) < 4.78 is 12.1. The highest BCUT2D eigenvalue weighted by molar-refractivity contribution is 6.04. The second kappa shape index (κ2) is 9.12. The summed E-state index contributed by atoms with van der Waals surface area (Å²) in [5.74, 6) is -0.00792. The molecule has 0 spiro atoms. The third-order valence-electron chi connectivity index (χ3n) is 5.80. The molecule has 1 fully saturated rings. The van der Waals surface area contributed by atoms with Crippen LogP contribution in [0.25, 0.3) is 5.65 Å². The lowest BCUT2D eigenvalue weighted by Gasteiger charge is -2.36. The zero-order valence-corrected chi connectivity index (χ0v) is 18.7. The first-order valence-electron chi connectivity index (χ1n) is 10.8. The van der Waals surface area contributed by atoms with Crippen LogP contribution in [0.3, 0.4) is 0 Å². The van der Waals surface area contributed by atoms with Crippen LogP contribution in [0.1, 0.15) is 27.8 Å². The van der Waals surface area contributed by atoms with Crippen molar-refractivity contribution in [2.24, 2.45) is 4.99 Å². The van der Waals surface area contributed by atoms with Crippen LogP contribution in [-0.4, -0.2) is 65.1 Å². The molecule has 1 saturated heterocycles. The lowest BCUT2D eigenvalue weighted by molar-refractivity contribution is -0.0256. The maximum atomic E-state index is 12.9. The Kier molecular flexibility index (Phi) is 5.86. The second-order valence-corrected chi connectivity index (χ2v) is 8.06. The maximum Gasteiger partial charge on any atom is 0.410 e. The molecule has 1 aromatic carbocycles. The summed E-state index contributed by atoms with van der Waals surface area (Å²) in [5.41, 5.74) is 6.27. The minimum absolute atomic E-state index is 0.0579. The number of benzene rings is 1. The second-order valence-electron chi connectivity index (χ2n) is 8.06. The average Bonchev–Trinajstić information content (AvgIpc) is 3.46. The molecule has 4 heterocycles. The molecule has 2 aliphatic heterocycles. The van der Waals surface area contributed by atoms with E-state index < -0.39 is 12.3 Å². The number of hydrogen-bond acceptors (Lipinski definition) is 8. The largest absolute Gasteiger partial charge is 0.439 e. The van der Waals surface area contributed by atoms with E-state index in [-0.39, 0.29) is 24.5 Å². The molecular formula is C23H24N6O5. The van der Waals surface area contributed by atoms with Crippen LogP contribution < -0.4 is 10.8 Å². The molecular weight excluding hydrogens is 440 g/mol. The third kappa shape index (κ3) is 4.30. The normalized spacial score (nSPS) is 17.8. The predicted molar refractivity (Wildman–Crippen MR) is 122 cm³/mol. The van der Waals surface area contributed by atoms with Gasteiger partial charge in [-0.15, -0.1) is 5.48 Å². The van der Waals surface area contributed by atoms with Crippen LogP contribution in [-0.2, 0) is 14.3 Å². The minimum atomic E-state index is -0.498. The first-order chi connectivity index (χ1) is 16.5. The van der Waals surface area contributed by atoms with Gasteiger partial charge >= 0.3 is 6.09 Å². The van der Waals surface area contributed by atoms with Crippen molar-refractivity contribution in [3.05, 3.63) is 65.6 Å². The fraction of sp³-hybridized carbons (Fsp3) is 0.304. The van der Waals surface area contributed by atoms with E-state index >= 15 is 0 Å². The van der Waals surface area contributed by atoms with Crippen molar-refractivity contribution in [3.63, 3.8) is 0 Å². The standard InChI is InChI=1S/C23H24N6O5/c1-14-6-7-15(9-17(14)25-22(30)18-10-24-19-5-3-4-8-29(18)19)21-26-20(34-27-21)13-33-23(31)28-11-16(12-28)32-2/h3-10,16,21,27H,11-13H2,1-2H3,(H,25,30). The first-order valence-corrected chi connectivity index (χ1v) is 10.8. The van der Waals surface area contributed by atoms with Gasteiger partial charge in [0.25, 0.3) is 5.91 Å². The van der Waals surface area contributed by atoms with Crippen molar-refractivity contribution in [1.29, 1.82) is 0 Å². The van der Waals surface area contributed by atoms with Gasteiger partial charge in [-0.1, -0.05) is 18.2 Å². The lowest BCUT2D eigenvalue weighted by atomic mass is 10.1. The monoisotopic (exact) mass is 464 g/mol. The highest BCUT2D eigenvalue weighted by atomic mass is 16.7. The first kappa shape index (κ1) is 21.9. The number of methoxy groups -OCH3 is 1. The van der Waals surface area contributed by atoms with Crippen molar-refractivity contribution < 1.29 is 23.9 Å². The third-order valence-corrected chi connectivity index (χ3v) is 5.80. The summed E-state index contributed by atoms with van der Waals surface area (Å²) in [7, 11) is 1.61. The number of nitrogens with one attached hydrogen (secondary N) is 2. The molecule has 3 aromatic rings. The van der Waals surface area contributed by atoms with E-state index in [2.05, 4.69) is 20.8 Å². The number of fused-ring (bicyclic) bond motifs is 1. The van der Waals surface area contributed by atoms with E-state index in [1.54, 1.807) is 28.8 Å². The maximum absolute atomic E-state index is 12.9. The van der Waals surface area contributed by atoms with E-state index in [1.807, 2.05) is 43.3 Å². The van der Waals surface area contributed by atoms with Gasteiger partial charge in [-0.05, 0) is 36.2 Å². The van der Waals surface area contributed by atoms with Gasteiger partial charge in [0.15, 0.2) is 12.8 Å². The Morgan fingerprint density at radius 2 is 2.12 bits per heavy atom. The van der Waals surface area contributed by atoms with Gasteiger partial charge in [0.2, 0.25) is 5.90 Å². The summed E-state index contributed by atoms with van der Waals surface area (Å²) >= 11 is 0. The van der Waals surface area contributed by atoms with Crippen LogP contribution in [0.2, 0.25) is 0 Å². The number of amides is 2. The number of hydroxylamine groups is 1. The molecule has 0 radical (unpaired) electrons. The number of pyridine rings is 1. The number of aliphatic imine (C=N–C) groups is 1. The number of carbonyl (C=O) groups is 2. The van der Waals surface area contributed by atoms with Crippen molar-refractivity contribution >= 4 is 29.2 Å². The molecule has 11 heteroatoms. The number of imidazole rings is 1. The number of aryl methyl sites for hydroxylation is 1. The molecule has 2 N–H and O–H groups in total. The quantitative estimate of drug-likeness (QED) is 0.575. The molecule has 1 atom stereocenters. The summed E-state index contributed by atoms with van der Waals surface area (Å²) in [6, 6.07) is 11.2. The number of aromatic nitrogens is 2. The molecule has 2 amide bonds. The van der Waals surface area contributed by atoms with E-state index in [1.165, 1.54) is 0 Å². The number of anilines is 1. The van der Waals surface area contributed by atoms with Gasteiger partial charge in [-0.3, -0.25) is 9.20 Å². The number of likely N-dealkylation sites (tertiary alicyclic amines) is 1. The van der Waals surface area contributed by atoms with Crippen LogP contribution in [0.5, 0.6) is 0 Å². The average molecular weight is 464 g/mol. The van der Waals surface area contributed by atoms with Gasteiger partial charge in [0, 0.05) is 19.0 Å². The zero-order valence-electron chi connectivity index (χ0n) is 18.7. The number of ether oxygens (including phenoxy) is 2. The Labute approximate surface area is 195 Å². The molecule has 1 unspecified atom stereocenters. The lowest BCUT2D eigenvalue weighted by Crippen LogP contribution is -2.54. The van der Waals surface area contributed by atoms with Crippen molar-refractivity contribution in [3.8, 4) is 0 Å². The molecule has 176 valence electrons. The van der Waals surface area contributed by atoms with Crippen molar-refractivity contribution in [2.75, 3.05) is 32.1 Å². The van der Waals surface area contributed by atoms with Gasteiger partial charge in [0.05, 0.1) is 25.4 Å². The van der Waals surface area contributed by atoms with Gasteiger partial charge in [-0.2, -0.15) is 0 Å². The van der Waals surface area contributed by atoms with E-state index in [9.17, 15) is 9.59 Å². The Bertz CT molecular complexity index is 1270. The Balaban J connectivity index is 1.23. The molecule has 0 aliphatic carbocycles. The Morgan fingerprint density at radius 1 is 1.26 bits per heavy atom. The molecule has 2 aliphatic rings. The van der Waals surface area contributed by atoms with Gasteiger partial charge in [-0.25, -0.2) is 14.8 Å². The van der Waals surface area contributed by atoms with Gasteiger partial charge in [0.1, 0.15) is 11.3 Å². The van der Waals surface area contributed by atoms with Gasteiger partial charge < -0.3 is 24.5 Å².